The van der Waals surface area contributed by atoms with Gasteiger partial charge in [0.1, 0.15) is 10.4 Å². The van der Waals surface area contributed by atoms with E-state index in [2.05, 4.69) is 15.3 Å². The fourth-order valence-electron chi connectivity index (χ4n) is 2.71. The van der Waals surface area contributed by atoms with Crippen molar-refractivity contribution in [1.82, 2.24) is 19.9 Å². The Balaban J connectivity index is 1.50. The largest absolute Gasteiger partial charge is 0.349 e. The molecule has 7 heteroatoms. The van der Waals surface area contributed by atoms with Crippen LogP contribution in [0.4, 0.5) is 0 Å². The summed E-state index contributed by atoms with van der Waals surface area (Å²) >= 11 is 1.37. The Kier molecular flexibility index (Phi) is 3.99. The first kappa shape index (κ1) is 15.5. The van der Waals surface area contributed by atoms with Gasteiger partial charge in [-0.1, -0.05) is 24.3 Å². The van der Waals surface area contributed by atoms with Gasteiger partial charge in [-0.25, -0.2) is 4.98 Å². The molecule has 4 aromatic rings. The number of pyridine rings is 1. The molecule has 0 bridgehead atoms. The minimum atomic E-state index is -0.255. The molecule has 6 nitrogen and oxygen atoms in total. The molecule has 0 fully saturated rings. The average molecular weight is 350 g/mol. The fourth-order valence-corrected chi connectivity index (χ4v) is 3.51. The van der Waals surface area contributed by atoms with E-state index < -0.39 is 0 Å². The molecule has 0 saturated heterocycles. The van der Waals surface area contributed by atoms with Crippen molar-refractivity contribution in [3.63, 3.8) is 0 Å². The summed E-state index contributed by atoms with van der Waals surface area (Å²) < 4.78 is 2.14. The van der Waals surface area contributed by atoms with E-state index in [1.165, 1.54) is 22.2 Å². The van der Waals surface area contributed by atoms with Crippen molar-refractivity contribution >= 4 is 38.2 Å². The maximum atomic E-state index is 12.4. The van der Waals surface area contributed by atoms with Crippen LogP contribution in [0.25, 0.3) is 21.0 Å². The van der Waals surface area contributed by atoms with Crippen molar-refractivity contribution in [3.05, 3.63) is 70.4 Å². The quantitative estimate of drug-likeness (QED) is 0.613. The number of hydrogen-bond acceptors (Lipinski definition) is 5. The zero-order valence-corrected chi connectivity index (χ0v) is 14.0. The molecule has 3 aromatic heterocycles. The van der Waals surface area contributed by atoms with Crippen molar-refractivity contribution < 1.29 is 4.79 Å². The number of carbonyl (C=O) groups excluding carboxylic acids is 1. The third kappa shape index (κ3) is 2.89. The van der Waals surface area contributed by atoms with Crippen LogP contribution in [0.1, 0.15) is 10.5 Å². The van der Waals surface area contributed by atoms with E-state index in [-0.39, 0.29) is 11.5 Å². The van der Waals surface area contributed by atoms with E-state index in [1.807, 2.05) is 41.8 Å². The lowest BCUT2D eigenvalue weighted by molar-refractivity contribution is 0.0949. The highest BCUT2D eigenvalue weighted by Crippen LogP contribution is 2.16. The van der Waals surface area contributed by atoms with Gasteiger partial charge in [0.25, 0.3) is 11.5 Å². The first-order valence-corrected chi connectivity index (χ1v) is 8.66. The van der Waals surface area contributed by atoms with Crippen molar-refractivity contribution in [2.45, 2.75) is 6.54 Å². The number of nitrogens with one attached hydrogen (secondary N) is 1. The normalized spacial score (nSPS) is 11.0. The highest BCUT2D eigenvalue weighted by atomic mass is 32.1. The highest BCUT2D eigenvalue weighted by molar-refractivity contribution is 7.17. The van der Waals surface area contributed by atoms with Gasteiger partial charge in [0.15, 0.2) is 0 Å². The van der Waals surface area contributed by atoms with Crippen LogP contribution < -0.4 is 10.9 Å². The summed E-state index contributed by atoms with van der Waals surface area (Å²) in [4.78, 5) is 33.2. The van der Waals surface area contributed by atoms with Gasteiger partial charge >= 0.3 is 0 Å². The van der Waals surface area contributed by atoms with Crippen molar-refractivity contribution in [2.75, 3.05) is 6.54 Å². The molecule has 25 heavy (non-hydrogen) atoms. The van der Waals surface area contributed by atoms with Crippen molar-refractivity contribution in [3.8, 4) is 0 Å². The van der Waals surface area contributed by atoms with Gasteiger partial charge in [0.05, 0.1) is 11.8 Å². The minimum absolute atomic E-state index is 0.0856. The van der Waals surface area contributed by atoms with Gasteiger partial charge in [-0.05, 0) is 22.9 Å². The number of thiophene rings is 1. The highest BCUT2D eigenvalue weighted by Gasteiger charge is 2.11. The molecule has 4 rings (SSSR count). The standard InChI is InChI=1S/C18H14N4O2S/c23-17(15-13-4-2-1-3-12(13)5-7-19-15)20-8-9-22-11-21-14-6-10-25-16(14)18(22)24/h1-7,10-11H,8-9H2,(H,20,23). The summed E-state index contributed by atoms with van der Waals surface area (Å²) in [6.07, 6.45) is 3.14. The second kappa shape index (κ2) is 6.45. The Bertz CT molecular complexity index is 1130. The van der Waals surface area contributed by atoms with E-state index in [0.29, 0.717) is 29.0 Å². The molecule has 0 atom stereocenters. The van der Waals surface area contributed by atoms with Crippen LogP contribution in [-0.4, -0.2) is 27.0 Å². The topological polar surface area (TPSA) is 76.9 Å². The summed E-state index contributed by atoms with van der Waals surface area (Å²) in [5, 5.41) is 6.44. The predicted molar refractivity (Wildman–Crippen MR) is 98.0 cm³/mol. The SMILES string of the molecule is O=C(NCCn1cnc2ccsc2c1=O)c1nccc2ccccc12. The Labute approximate surface area is 146 Å². The molecule has 0 radical (unpaired) electrons. The third-order valence-electron chi connectivity index (χ3n) is 3.96. The fraction of sp³-hybridized carbons (Fsp3) is 0.111. The number of aromatic nitrogens is 3. The summed E-state index contributed by atoms with van der Waals surface area (Å²) in [7, 11) is 0. The monoisotopic (exact) mass is 350 g/mol. The second-order valence-electron chi connectivity index (χ2n) is 5.51. The minimum Gasteiger partial charge on any atom is -0.349 e. The molecule has 1 amide bonds. The second-order valence-corrected chi connectivity index (χ2v) is 6.43. The van der Waals surface area contributed by atoms with Crippen LogP contribution in [0.15, 0.2) is 59.1 Å². The number of carbonyl (C=O) groups is 1. The van der Waals surface area contributed by atoms with Gasteiger partial charge < -0.3 is 5.32 Å². The zero-order valence-electron chi connectivity index (χ0n) is 13.2. The summed E-state index contributed by atoms with van der Waals surface area (Å²) in [6.45, 7) is 0.679. The van der Waals surface area contributed by atoms with Crippen LogP contribution in [0.2, 0.25) is 0 Å². The Morgan fingerprint density at radius 2 is 2.04 bits per heavy atom. The van der Waals surface area contributed by atoms with Crippen LogP contribution >= 0.6 is 11.3 Å². The maximum Gasteiger partial charge on any atom is 0.271 e. The summed E-state index contributed by atoms with van der Waals surface area (Å²) in [5.74, 6) is -0.255. The average Bonchev–Trinajstić information content (AvgIpc) is 3.12. The van der Waals surface area contributed by atoms with E-state index in [4.69, 9.17) is 0 Å². The molecular formula is C18H14N4O2S. The smallest absolute Gasteiger partial charge is 0.271 e. The van der Waals surface area contributed by atoms with Gasteiger partial charge in [-0.2, -0.15) is 0 Å². The Morgan fingerprint density at radius 3 is 2.96 bits per heavy atom. The summed E-state index contributed by atoms with van der Waals surface area (Å²) in [6, 6.07) is 11.3. The number of nitrogens with zero attached hydrogens (tertiary/aromatic N) is 3. The third-order valence-corrected chi connectivity index (χ3v) is 4.85. The molecule has 0 aliphatic heterocycles. The maximum absolute atomic E-state index is 12.4. The molecule has 124 valence electrons. The van der Waals surface area contributed by atoms with E-state index >= 15 is 0 Å². The Hall–Kier alpha value is -3.06. The zero-order chi connectivity index (χ0) is 17.2. The molecule has 0 unspecified atom stereocenters. The van der Waals surface area contributed by atoms with E-state index in [1.54, 1.807) is 6.20 Å². The number of hydrogen-bond donors (Lipinski definition) is 1. The van der Waals surface area contributed by atoms with Crippen LogP contribution in [0.3, 0.4) is 0 Å². The number of amides is 1. The van der Waals surface area contributed by atoms with Crippen LogP contribution in [0.5, 0.6) is 0 Å². The van der Waals surface area contributed by atoms with Crippen LogP contribution in [0, 0.1) is 0 Å². The van der Waals surface area contributed by atoms with E-state index in [0.717, 1.165) is 10.8 Å². The lowest BCUT2D eigenvalue weighted by Gasteiger charge is -2.08. The Morgan fingerprint density at radius 1 is 1.16 bits per heavy atom. The predicted octanol–water partition coefficient (Wildman–Crippen LogP) is 2.44. The van der Waals surface area contributed by atoms with Crippen LogP contribution in [-0.2, 0) is 6.54 Å². The number of fused-ring (bicyclic) bond motifs is 2. The van der Waals surface area contributed by atoms with Gasteiger partial charge in [-0.3, -0.25) is 19.1 Å². The van der Waals surface area contributed by atoms with Gasteiger partial charge in [-0.15, -0.1) is 11.3 Å². The molecule has 1 aromatic carbocycles. The van der Waals surface area contributed by atoms with Crippen molar-refractivity contribution in [2.24, 2.45) is 0 Å². The molecule has 1 N–H and O–H groups in total. The molecule has 0 saturated carbocycles. The molecule has 0 aliphatic rings. The molecular weight excluding hydrogens is 336 g/mol. The van der Waals surface area contributed by atoms with E-state index in [9.17, 15) is 9.59 Å². The molecule has 0 aliphatic carbocycles. The molecule has 0 spiro atoms. The first-order valence-electron chi connectivity index (χ1n) is 7.78. The number of benzene rings is 1. The lowest BCUT2D eigenvalue weighted by Crippen LogP contribution is -2.31. The lowest BCUT2D eigenvalue weighted by atomic mass is 10.1. The van der Waals surface area contributed by atoms with Gasteiger partial charge in [0, 0.05) is 24.7 Å². The van der Waals surface area contributed by atoms with Gasteiger partial charge in [0.2, 0.25) is 0 Å². The molecule has 3 heterocycles. The first-order chi connectivity index (χ1) is 12.2. The van der Waals surface area contributed by atoms with Crippen molar-refractivity contribution in [1.29, 1.82) is 0 Å². The summed E-state index contributed by atoms with van der Waals surface area (Å²) in [5.41, 5.74) is 1.00. The number of rotatable bonds is 4.